The number of rotatable bonds is 7. The highest BCUT2D eigenvalue weighted by atomic mass is 19.1. The SMILES string of the molecule is CC(C)(O)[C@](C)(O)c1cc2nc(-c3cnn(C4CC4)c3)c(N3CCN(Cc4ccccc4F)CC3)nc2cn1. The summed E-state index contributed by atoms with van der Waals surface area (Å²) in [6.45, 7) is 8.19. The molecule has 4 heterocycles. The van der Waals surface area contributed by atoms with Crippen LogP contribution in [0.2, 0.25) is 0 Å². The fraction of sp³-hybridized carbons (Fsp3) is 0.448. The number of nitrogens with zero attached hydrogens (tertiary/aromatic N) is 7. The topological polar surface area (TPSA) is 103 Å². The van der Waals surface area contributed by atoms with Crippen LogP contribution in [0.25, 0.3) is 22.3 Å². The molecule has 6 rings (SSSR count). The zero-order valence-corrected chi connectivity index (χ0v) is 22.5. The Balaban J connectivity index is 1.33. The summed E-state index contributed by atoms with van der Waals surface area (Å²) in [7, 11) is 0. The van der Waals surface area contributed by atoms with Gasteiger partial charge < -0.3 is 15.1 Å². The summed E-state index contributed by atoms with van der Waals surface area (Å²) in [4.78, 5) is 18.9. The van der Waals surface area contributed by atoms with Crippen molar-refractivity contribution < 1.29 is 14.6 Å². The van der Waals surface area contributed by atoms with Crippen molar-refractivity contribution in [2.24, 2.45) is 0 Å². The van der Waals surface area contributed by atoms with Crippen molar-refractivity contribution in [2.45, 2.75) is 57.4 Å². The number of halogens is 1. The number of aromatic nitrogens is 5. The van der Waals surface area contributed by atoms with E-state index in [0.29, 0.717) is 34.9 Å². The third-order valence-corrected chi connectivity index (χ3v) is 8.04. The number of hydrogen-bond donors (Lipinski definition) is 2. The zero-order chi connectivity index (χ0) is 27.4. The summed E-state index contributed by atoms with van der Waals surface area (Å²) in [6.07, 6.45) is 7.72. The Morgan fingerprint density at radius 3 is 2.41 bits per heavy atom. The van der Waals surface area contributed by atoms with Crippen LogP contribution in [0.15, 0.2) is 48.9 Å². The molecule has 10 heteroatoms. The van der Waals surface area contributed by atoms with Gasteiger partial charge in [0.25, 0.3) is 0 Å². The third-order valence-electron chi connectivity index (χ3n) is 8.04. The number of piperazine rings is 1. The van der Waals surface area contributed by atoms with Gasteiger partial charge >= 0.3 is 0 Å². The highest BCUT2D eigenvalue weighted by Gasteiger charge is 2.41. The highest BCUT2D eigenvalue weighted by molar-refractivity contribution is 5.83. The first-order chi connectivity index (χ1) is 18.6. The van der Waals surface area contributed by atoms with Gasteiger partial charge in [-0.25, -0.2) is 14.4 Å². The lowest BCUT2D eigenvalue weighted by molar-refractivity contribution is -0.127. The van der Waals surface area contributed by atoms with Gasteiger partial charge in [-0.1, -0.05) is 18.2 Å². The molecular weight excluding hydrogens is 497 g/mol. The first kappa shape index (κ1) is 25.8. The van der Waals surface area contributed by atoms with E-state index in [9.17, 15) is 14.6 Å². The second-order valence-electron chi connectivity index (χ2n) is 11.4. The van der Waals surface area contributed by atoms with E-state index >= 15 is 0 Å². The van der Waals surface area contributed by atoms with Gasteiger partial charge in [0.15, 0.2) is 5.82 Å². The lowest BCUT2D eigenvalue weighted by atomic mass is 9.84. The normalized spacial score (nSPS) is 18.5. The summed E-state index contributed by atoms with van der Waals surface area (Å²) in [5, 5.41) is 26.2. The smallest absolute Gasteiger partial charge is 0.156 e. The van der Waals surface area contributed by atoms with Crippen molar-refractivity contribution in [1.29, 1.82) is 0 Å². The predicted octanol–water partition coefficient (Wildman–Crippen LogP) is 3.66. The Hall–Kier alpha value is -3.47. The van der Waals surface area contributed by atoms with Gasteiger partial charge in [0.2, 0.25) is 0 Å². The molecule has 1 saturated heterocycles. The van der Waals surface area contributed by atoms with E-state index in [2.05, 4.69) is 19.9 Å². The Bertz CT molecular complexity index is 1500. The van der Waals surface area contributed by atoms with Gasteiger partial charge in [-0.15, -0.1) is 0 Å². The van der Waals surface area contributed by atoms with Crippen LogP contribution >= 0.6 is 0 Å². The Morgan fingerprint density at radius 1 is 0.974 bits per heavy atom. The molecule has 3 aromatic heterocycles. The van der Waals surface area contributed by atoms with Gasteiger partial charge in [0, 0.05) is 50.0 Å². The Kier molecular flexibility index (Phi) is 6.36. The number of pyridine rings is 1. The minimum Gasteiger partial charge on any atom is -0.387 e. The average molecular weight is 532 g/mol. The molecule has 0 unspecified atom stereocenters. The van der Waals surface area contributed by atoms with E-state index in [1.807, 2.05) is 29.2 Å². The molecule has 2 fully saturated rings. The maximum absolute atomic E-state index is 14.2. The molecule has 0 amide bonds. The Morgan fingerprint density at radius 2 is 1.72 bits per heavy atom. The summed E-state index contributed by atoms with van der Waals surface area (Å²) in [6, 6.07) is 9.06. The quantitative estimate of drug-likeness (QED) is 0.373. The lowest BCUT2D eigenvalue weighted by Gasteiger charge is -2.36. The molecule has 0 spiro atoms. The van der Waals surface area contributed by atoms with Gasteiger partial charge in [-0.3, -0.25) is 14.6 Å². The molecule has 204 valence electrons. The number of hydrogen-bond acceptors (Lipinski definition) is 8. The largest absolute Gasteiger partial charge is 0.387 e. The van der Waals surface area contributed by atoms with Crippen molar-refractivity contribution >= 4 is 16.9 Å². The third kappa shape index (κ3) is 4.99. The molecule has 1 aliphatic heterocycles. The fourth-order valence-corrected chi connectivity index (χ4v) is 4.93. The van der Waals surface area contributed by atoms with E-state index < -0.39 is 11.2 Å². The van der Waals surface area contributed by atoms with Crippen LogP contribution in [0.5, 0.6) is 0 Å². The van der Waals surface area contributed by atoms with Crippen molar-refractivity contribution in [3.05, 3.63) is 66.0 Å². The zero-order valence-electron chi connectivity index (χ0n) is 22.5. The molecule has 39 heavy (non-hydrogen) atoms. The van der Waals surface area contributed by atoms with E-state index in [0.717, 1.165) is 56.1 Å². The van der Waals surface area contributed by atoms with Gasteiger partial charge in [-0.05, 0) is 45.7 Å². The maximum atomic E-state index is 14.2. The van der Waals surface area contributed by atoms with Crippen LogP contribution in [0.4, 0.5) is 10.2 Å². The number of anilines is 1. The molecule has 1 aromatic carbocycles. The van der Waals surface area contributed by atoms with Gasteiger partial charge in [0.1, 0.15) is 22.6 Å². The first-order valence-electron chi connectivity index (χ1n) is 13.5. The molecule has 1 atom stereocenters. The van der Waals surface area contributed by atoms with Crippen molar-refractivity contribution in [3.8, 4) is 11.3 Å². The van der Waals surface area contributed by atoms with Crippen LogP contribution in [0, 0.1) is 5.82 Å². The van der Waals surface area contributed by atoms with E-state index in [1.54, 1.807) is 39.1 Å². The number of benzene rings is 1. The summed E-state index contributed by atoms with van der Waals surface area (Å²) in [5.41, 5.74) is 0.835. The van der Waals surface area contributed by atoms with Gasteiger partial charge in [-0.2, -0.15) is 5.10 Å². The molecule has 1 aliphatic carbocycles. The second kappa shape index (κ2) is 9.62. The minimum absolute atomic E-state index is 0.175. The van der Waals surface area contributed by atoms with E-state index in [-0.39, 0.29) is 5.82 Å². The molecule has 1 saturated carbocycles. The lowest BCUT2D eigenvalue weighted by Crippen LogP contribution is -2.46. The van der Waals surface area contributed by atoms with Crippen LogP contribution in [-0.4, -0.2) is 71.6 Å². The van der Waals surface area contributed by atoms with E-state index in [1.165, 1.54) is 6.07 Å². The van der Waals surface area contributed by atoms with Crippen molar-refractivity contribution in [3.63, 3.8) is 0 Å². The molecule has 4 aromatic rings. The summed E-state index contributed by atoms with van der Waals surface area (Å²) >= 11 is 0. The van der Waals surface area contributed by atoms with Crippen molar-refractivity contribution in [1.82, 2.24) is 29.6 Å². The van der Waals surface area contributed by atoms with Crippen molar-refractivity contribution in [2.75, 3.05) is 31.1 Å². The molecular formula is C29H34FN7O2. The second-order valence-corrected chi connectivity index (χ2v) is 11.4. The minimum atomic E-state index is -1.58. The molecule has 2 aliphatic rings. The molecule has 0 radical (unpaired) electrons. The number of fused-ring (bicyclic) bond motifs is 1. The Labute approximate surface area is 226 Å². The number of aliphatic hydroxyl groups is 2. The van der Waals surface area contributed by atoms with Crippen LogP contribution < -0.4 is 4.90 Å². The summed E-state index contributed by atoms with van der Waals surface area (Å²) in [5.74, 6) is 0.581. The standard InChI is InChI=1S/C29H34FN7O2/c1-28(2,38)29(3,39)25-14-23-24(16-31-25)34-27(26(33-23)20-15-32-37(18-20)21-8-9-21)36-12-10-35(11-13-36)17-19-6-4-5-7-22(19)30/h4-7,14-16,18,21,38-39H,8-13,17H2,1-3H3/t29-/m1/s1. The molecule has 9 nitrogen and oxygen atoms in total. The molecule has 2 N–H and O–H groups in total. The maximum Gasteiger partial charge on any atom is 0.156 e. The predicted molar refractivity (Wildman–Crippen MR) is 147 cm³/mol. The average Bonchev–Trinajstić information content (AvgIpc) is 3.65. The van der Waals surface area contributed by atoms with E-state index in [4.69, 9.17) is 9.97 Å². The molecule has 0 bridgehead atoms. The van der Waals surface area contributed by atoms with Crippen LogP contribution in [-0.2, 0) is 12.1 Å². The highest BCUT2D eigenvalue weighted by Crippen LogP contribution is 2.37. The first-order valence-corrected chi connectivity index (χ1v) is 13.5. The van der Waals surface area contributed by atoms with Crippen LogP contribution in [0.1, 0.15) is 50.9 Å². The fourth-order valence-electron chi connectivity index (χ4n) is 4.93. The van der Waals surface area contributed by atoms with Crippen LogP contribution in [0.3, 0.4) is 0 Å². The van der Waals surface area contributed by atoms with Gasteiger partial charge in [0.05, 0.1) is 35.2 Å². The monoisotopic (exact) mass is 531 g/mol. The summed E-state index contributed by atoms with van der Waals surface area (Å²) < 4.78 is 16.2.